The molecule has 3 nitrogen and oxygen atoms in total. The lowest BCUT2D eigenvalue weighted by atomic mass is 10.1. The fourth-order valence-electron chi connectivity index (χ4n) is 2.71. The summed E-state index contributed by atoms with van der Waals surface area (Å²) in [5, 5.41) is 0. The maximum Gasteiger partial charge on any atom is 0.0901 e. The van der Waals surface area contributed by atoms with Crippen molar-refractivity contribution in [3.63, 3.8) is 0 Å². The van der Waals surface area contributed by atoms with Gasteiger partial charge in [-0.25, -0.2) is 0 Å². The maximum atomic E-state index is 5.80. The molecule has 2 fully saturated rings. The van der Waals surface area contributed by atoms with Gasteiger partial charge in [-0.2, -0.15) is 0 Å². The summed E-state index contributed by atoms with van der Waals surface area (Å²) in [7, 11) is 0. The van der Waals surface area contributed by atoms with Crippen LogP contribution in [0.4, 0.5) is 0 Å². The van der Waals surface area contributed by atoms with E-state index in [0.29, 0.717) is 11.0 Å². The Morgan fingerprint density at radius 1 is 1.29 bits per heavy atom. The zero-order valence-electron chi connectivity index (χ0n) is 10.9. The normalized spacial score (nSPS) is 24.8. The lowest BCUT2D eigenvalue weighted by Gasteiger charge is -2.38. The molecule has 1 atom stereocenters. The third-order valence-corrected chi connectivity index (χ3v) is 4.39. The van der Waals surface area contributed by atoms with Gasteiger partial charge in [0.25, 0.3) is 0 Å². The smallest absolute Gasteiger partial charge is 0.0901 e. The second-order valence-electron chi connectivity index (χ2n) is 5.44. The monoisotopic (exact) mass is 255 g/mol. The highest BCUT2D eigenvalue weighted by atomic mass is 32.1. The summed E-state index contributed by atoms with van der Waals surface area (Å²) in [6.07, 6.45) is 5.39. The molecule has 1 saturated heterocycles. The van der Waals surface area contributed by atoms with Crippen LogP contribution in [0.5, 0.6) is 0 Å². The van der Waals surface area contributed by atoms with Crippen LogP contribution in [0, 0.1) is 5.92 Å². The van der Waals surface area contributed by atoms with Gasteiger partial charge < -0.3 is 10.6 Å². The van der Waals surface area contributed by atoms with Gasteiger partial charge in [0.1, 0.15) is 0 Å². The fraction of sp³-hybridized carbons (Fsp3) is 0.923. The molecule has 0 aromatic rings. The molecule has 0 amide bonds. The lowest BCUT2D eigenvalue weighted by molar-refractivity contribution is 0.114. The van der Waals surface area contributed by atoms with Crippen molar-refractivity contribution in [3.8, 4) is 0 Å². The van der Waals surface area contributed by atoms with Crippen molar-refractivity contribution in [1.29, 1.82) is 0 Å². The highest BCUT2D eigenvalue weighted by Gasteiger charge is 2.26. The van der Waals surface area contributed by atoms with E-state index in [1.54, 1.807) is 0 Å². The first-order valence-corrected chi connectivity index (χ1v) is 7.37. The highest BCUT2D eigenvalue weighted by molar-refractivity contribution is 7.80. The van der Waals surface area contributed by atoms with Crippen LogP contribution < -0.4 is 5.73 Å². The largest absolute Gasteiger partial charge is 0.392 e. The lowest BCUT2D eigenvalue weighted by Crippen LogP contribution is -2.53. The van der Waals surface area contributed by atoms with Gasteiger partial charge in [0.15, 0.2) is 0 Å². The summed E-state index contributed by atoms with van der Waals surface area (Å²) in [4.78, 5) is 5.72. The van der Waals surface area contributed by atoms with Gasteiger partial charge in [-0.1, -0.05) is 32.0 Å². The van der Waals surface area contributed by atoms with E-state index in [2.05, 4.69) is 16.7 Å². The summed E-state index contributed by atoms with van der Waals surface area (Å²) in [6.45, 7) is 8.09. The topological polar surface area (TPSA) is 32.5 Å². The van der Waals surface area contributed by atoms with Gasteiger partial charge in [-0.3, -0.25) is 4.90 Å². The second kappa shape index (κ2) is 6.12. The van der Waals surface area contributed by atoms with E-state index in [9.17, 15) is 0 Å². The Kier molecular flexibility index (Phi) is 4.77. The summed E-state index contributed by atoms with van der Waals surface area (Å²) in [5.41, 5.74) is 5.80. The Balaban J connectivity index is 1.70. The van der Waals surface area contributed by atoms with Gasteiger partial charge in [0, 0.05) is 26.2 Å². The molecule has 1 heterocycles. The van der Waals surface area contributed by atoms with Crippen LogP contribution in [0.1, 0.15) is 32.6 Å². The van der Waals surface area contributed by atoms with E-state index < -0.39 is 0 Å². The predicted octanol–water partition coefficient (Wildman–Crippen LogP) is 1.47. The summed E-state index contributed by atoms with van der Waals surface area (Å²) in [6, 6.07) is 0.315. The molecule has 2 N–H and O–H groups in total. The van der Waals surface area contributed by atoms with Crippen LogP contribution in [0.25, 0.3) is 0 Å². The zero-order valence-corrected chi connectivity index (χ0v) is 11.7. The minimum Gasteiger partial charge on any atom is -0.392 e. The molecule has 98 valence electrons. The molecular formula is C13H25N3S. The van der Waals surface area contributed by atoms with E-state index in [0.717, 1.165) is 25.4 Å². The van der Waals surface area contributed by atoms with Gasteiger partial charge in [0.05, 0.1) is 11.0 Å². The first-order valence-electron chi connectivity index (χ1n) is 6.96. The first-order chi connectivity index (χ1) is 8.20. The molecule has 1 unspecified atom stereocenters. The van der Waals surface area contributed by atoms with Gasteiger partial charge >= 0.3 is 0 Å². The Morgan fingerprint density at radius 3 is 2.41 bits per heavy atom. The van der Waals surface area contributed by atoms with Crippen molar-refractivity contribution in [2.45, 2.75) is 38.6 Å². The number of hydrogen-bond acceptors (Lipinski definition) is 3. The van der Waals surface area contributed by atoms with E-state index in [1.165, 1.54) is 38.9 Å². The Labute approximate surface area is 110 Å². The van der Waals surface area contributed by atoms with Crippen molar-refractivity contribution in [2.24, 2.45) is 11.7 Å². The summed E-state index contributed by atoms with van der Waals surface area (Å²) in [5.74, 6) is 1.05. The van der Waals surface area contributed by atoms with Gasteiger partial charge in [-0.15, -0.1) is 0 Å². The fourth-order valence-corrected chi connectivity index (χ4v) is 3.03. The summed E-state index contributed by atoms with van der Waals surface area (Å²) >= 11 is 5.14. The molecule has 17 heavy (non-hydrogen) atoms. The first kappa shape index (κ1) is 13.2. The van der Waals surface area contributed by atoms with Crippen molar-refractivity contribution in [3.05, 3.63) is 0 Å². The van der Waals surface area contributed by atoms with E-state index >= 15 is 0 Å². The highest BCUT2D eigenvalue weighted by Crippen LogP contribution is 2.32. The predicted molar refractivity (Wildman–Crippen MR) is 76.2 cm³/mol. The van der Waals surface area contributed by atoms with Crippen LogP contribution in [0.3, 0.4) is 0 Å². The molecule has 0 aromatic heterocycles. The Hall–Kier alpha value is -0.190. The van der Waals surface area contributed by atoms with Crippen LogP contribution in [0.15, 0.2) is 0 Å². The average molecular weight is 255 g/mol. The van der Waals surface area contributed by atoms with E-state index in [-0.39, 0.29) is 0 Å². The van der Waals surface area contributed by atoms with Crippen LogP contribution in [0.2, 0.25) is 0 Å². The Bertz CT molecular complexity index is 257. The molecular weight excluding hydrogens is 230 g/mol. The molecule has 2 aliphatic rings. The standard InChI is InChI=1S/C13H25N3S/c1-2-12(13(14)17)16-9-7-15(8-10-16)6-5-11-3-4-11/h11-12H,2-10H2,1H3,(H2,14,17). The average Bonchev–Trinajstić information content (AvgIpc) is 3.12. The zero-order chi connectivity index (χ0) is 12.3. The van der Waals surface area contributed by atoms with Gasteiger partial charge in [0.2, 0.25) is 0 Å². The number of nitrogens with zero attached hydrogens (tertiary/aromatic N) is 2. The Morgan fingerprint density at radius 2 is 1.94 bits per heavy atom. The molecule has 1 saturated carbocycles. The van der Waals surface area contributed by atoms with Crippen molar-refractivity contribution in [1.82, 2.24) is 9.80 Å². The second-order valence-corrected chi connectivity index (χ2v) is 5.91. The molecule has 0 bridgehead atoms. The third kappa shape index (κ3) is 3.90. The molecule has 1 aliphatic heterocycles. The molecule has 0 aromatic carbocycles. The van der Waals surface area contributed by atoms with Crippen molar-refractivity contribution < 1.29 is 0 Å². The van der Waals surface area contributed by atoms with Crippen LogP contribution in [-0.2, 0) is 0 Å². The molecule has 4 heteroatoms. The third-order valence-electron chi connectivity index (χ3n) is 4.11. The van der Waals surface area contributed by atoms with Gasteiger partial charge in [-0.05, 0) is 25.3 Å². The minimum absolute atomic E-state index is 0.315. The number of piperazine rings is 1. The summed E-state index contributed by atoms with van der Waals surface area (Å²) < 4.78 is 0. The van der Waals surface area contributed by atoms with E-state index in [4.69, 9.17) is 18.0 Å². The number of hydrogen-bond donors (Lipinski definition) is 1. The quantitative estimate of drug-likeness (QED) is 0.729. The molecule has 0 spiro atoms. The molecule has 1 aliphatic carbocycles. The maximum absolute atomic E-state index is 5.80. The van der Waals surface area contributed by atoms with Crippen molar-refractivity contribution >= 4 is 17.2 Å². The van der Waals surface area contributed by atoms with Crippen molar-refractivity contribution in [2.75, 3.05) is 32.7 Å². The molecule has 2 rings (SSSR count). The number of rotatable bonds is 6. The van der Waals surface area contributed by atoms with E-state index in [1.807, 2.05) is 0 Å². The molecule has 0 radical (unpaired) electrons. The van der Waals surface area contributed by atoms with Crippen LogP contribution in [-0.4, -0.2) is 53.6 Å². The minimum atomic E-state index is 0.315. The SMILES string of the molecule is CCC(C(N)=S)N1CCN(CCC2CC2)CC1. The number of thiocarbonyl (C=S) groups is 1. The van der Waals surface area contributed by atoms with Crippen LogP contribution >= 0.6 is 12.2 Å². The number of nitrogens with two attached hydrogens (primary N) is 1.